The molecule has 0 bridgehead atoms. The van der Waals surface area contributed by atoms with Crippen molar-refractivity contribution in [3.63, 3.8) is 0 Å². The lowest BCUT2D eigenvalue weighted by Gasteiger charge is -1.93. The predicted octanol–water partition coefficient (Wildman–Crippen LogP) is 1.45. The molecule has 0 saturated heterocycles. The highest BCUT2D eigenvalue weighted by Gasteiger charge is 1.96. The molecule has 1 aromatic rings. The van der Waals surface area contributed by atoms with Crippen molar-refractivity contribution in [2.24, 2.45) is 0 Å². The Hall–Kier alpha value is -1.89. The molecule has 2 nitrogen and oxygen atoms in total. The van der Waals surface area contributed by atoms with E-state index in [4.69, 9.17) is 0 Å². The third-order valence-corrected chi connectivity index (χ3v) is 1.52. The van der Waals surface area contributed by atoms with E-state index in [1.54, 1.807) is 0 Å². The van der Waals surface area contributed by atoms with Crippen LogP contribution in [0.15, 0.2) is 18.2 Å². The molecule has 0 aliphatic carbocycles. The summed E-state index contributed by atoms with van der Waals surface area (Å²) in [6.45, 7) is 1.52. The highest BCUT2D eigenvalue weighted by atomic mass is 19.1. The van der Waals surface area contributed by atoms with Gasteiger partial charge in [0.15, 0.2) is 0 Å². The van der Waals surface area contributed by atoms with Gasteiger partial charge < -0.3 is 5.32 Å². The maximum Gasteiger partial charge on any atom is 0.217 e. The fraction of sp³-hybridized carbons (Fsp3) is 0.182. The lowest BCUT2D eigenvalue weighted by molar-refractivity contribution is -0.118. The lowest BCUT2D eigenvalue weighted by atomic mass is 10.2. The van der Waals surface area contributed by atoms with Gasteiger partial charge in [-0.1, -0.05) is 11.8 Å². The third-order valence-electron chi connectivity index (χ3n) is 1.52. The Morgan fingerprint density at radius 1 is 1.33 bits per heavy atom. The first-order valence-electron chi connectivity index (χ1n) is 4.27. The van der Waals surface area contributed by atoms with Crippen molar-refractivity contribution in [2.45, 2.75) is 6.92 Å². The Bertz CT molecular complexity index is 412. The zero-order valence-corrected chi connectivity index (χ0v) is 8.10. The number of hydrogen-bond acceptors (Lipinski definition) is 1. The van der Waals surface area contributed by atoms with Gasteiger partial charge >= 0.3 is 0 Å². The molecule has 1 amide bonds. The second kappa shape index (κ2) is 5.11. The largest absolute Gasteiger partial charge is 0.345 e. The van der Waals surface area contributed by atoms with Crippen molar-refractivity contribution in [2.75, 3.05) is 6.54 Å². The molecule has 4 heteroatoms. The van der Waals surface area contributed by atoms with Crippen LogP contribution < -0.4 is 5.32 Å². The fourth-order valence-corrected chi connectivity index (χ4v) is 0.941. The summed E-state index contributed by atoms with van der Waals surface area (Å²) in [6.07, 6.45) is 0. The number of benzene rings is 1. The lowest BCUT2D eigenvalue weighted by Crippen LogP contribution is -2.19. The highest BCUT2D eigenvalue weighted by molar-refractivity contribution is 5.73. The van der Waals surface area contributed by atoms with Gasteiger partial charge in [-0.15, -0.1) is 0 Å². The van der Waals surface area contributed by atoms with Gasteiger partial charge in [0.05, 0.1) is 6.54 Å². The van der Waals surface area contributed by atoms with Gasteiger partial charge in [0, 0.05) is 18.6 Å². The molecule has 0 aliphatic heterocycles. The minimum atomic E-state index is -0.668. The van der Waals surface area contributed by atoms with E-state index in [0.717, 1.165) is 18.2 Å². The molecule has 0 saturated carbocycles. The number of halogens is 2. The zero-order valence-electron chi connectivity index (χ0n) is 8.10. The van der Waals surface area contributed by atoms with Crippen molar-refractivity contribution in [3.8, 4) is 11.8 Å². The van der Waals surface area contributed by atoms with Crippen LogP contribution in [0.5, 0.6) is 0 Å². The first-order valence-corrected chi connectivity index (χ1v) is 4.27. The quantitative estimate of drug-likeness (QED) is 0.697. The SMILES string of the molecule is CC(=O)NCC#Cc1cc(F)cc(F)c1. The molecule has 0 fully saturated rings. The third kappa shape index (κ3) is 4.23. The summed E-state index contributed by atoms with van der Waals surface area (Å²) in [5, 5.41) is 2.44. The minimum absolute atomic E-state index is 0.160. The summed E-state index contributed by atoms with van der Waals surface area (Å²) < 4.78 is 25.4. The Labute approximate surface area is 86.3 Å². The Balaban J connectivity index is 2.67. The molecule has 1 N–H and O–H groups in total. The fourth-order valence-electron chi connectivity index (χ4n) is 0.941. The van der Waals surface area contributed by atoms with E-state index >= 15 is 0 Å². The van der Waals surface area contributed by atoms with Crippen LogP contribution in [0, 0.1) is 23.5 Å². The summed E-state index contributed by atoms with van der Waals surface area (Å²) in [5.74, 6) is 3.57. The average Bonchev–Trinajstić information content (AvgIpc) is 2.10. The molecule has 0 radical (unpaired) electrons. The van der Waals surface area contributed by atoms with Crippen LogP contribution >= 0.6 is 0 Å². The maximum atomic E-state index is 12.7. The molecule has 0 heterocycles. The molecule has 0 aromatic heterocycles. The van der Waals surface area contributed by atoms with Crippen molar-refractivity contribution in [1.82, 2.24) is 5.32 Å². The van der Waals surface area contributed by atoms with Gasteiger partial charge in [-0.3, -0.25) is 4.79 Å². The van der Waals surface area contributed by atoms with Crippen LogP contribution in [-0.2, 0) is 4.79 Å². The number of carbonyl (C=O) groups is 1. The van der Waals surface area contributed by atoms with E-state index in [9.17, 15) is 13.6 Å². The summed E-state index contributed by atoms with van der Waals surface area (Å²) in [7, 11) is 0. The second-order valence-electron chi connectivity index (χ2n) is 2.87. The molecular formula is C11H9F2NO. The van der Waals surface area contributed by atoms with Crippen LogP contribution in [0.1, 0.15) is 12.5 Å². The van der Waals surface area contributed by atoms with Crippen LogP contribution in [0.4, 0.5) is 8.78 Å². The Morgan fingerprint density at radius 3 is 2.47 bits per heavy atom. The zero-order chi connectivity index (χ0) is 11.3. The molecule has 1 aromatic carbocycles. The van der Waals surface area contributed by atoms with Crippen molar-refractivity contribution >= 4 is 5.91 Å². The first-order chi connectivity index (χ1) is 7.08. The van der Waals surface area contributed by atoms with E-state index < -0.39 is 11.6 Å². The van der Waals surface area contributed by atoms with E-state index in [0.29, 0.717) is 0 Å². The van der Waals surface area contributed by atoms with Gasteiger partial charge in [0.25, 0.3) is 0 Å². The smallest absolute Gasteiger partial charge is 0.217 e. The molecule has 15 heavy (non-hydrogen) atoms. The standard InChI is InChI=1S/C11H9F2NO/c1-8(15)14-4-2-3-9-5-10(12)7-11(13)6-9/h5-7H,4H2,1H3,(H,14,15). The minimum Gasteiger partial charge on any atom is -0.345 e. The highest BCUT2D eigenvalue weighted by Crippen LogP contribution is 2.06. The second-order valence-corrected chi connectivity index (χ2v) is 2.87. The topological polar surface area (TPSA) is 29.1 Å². The molecule has 1 rings (SSSR count). The number of nitrogens with one attached hydrogen (secondary N) is 1. The van der Waals surface area contributed by atoms with Crippen molar-refractivity contribution < 1.29 is 13.6 Å². The van der Waals surface area contributed by atoms with Gasteiger partial charge in [-0.2, -0.15) is 0 Å². The monoisotopic (exact) mass is 209 g/mol. The van der Waals surface area contributed by atoms with Crippen molar-refractivity contribution in [1.29, 1.82) is 0 Å². The molecule has 0 aliphatic rings. The Morgan fingerprint density at radius 2 is 1.93 bits per heavy atom. The number of hydrogen-bond donors (Lipinski definition) is 1. The summed E-state index contributed by atoms with van der Waals surface area (Å²) in [4.78, 5) is 10.5. The van der Waals surface area contributed by atoms with E-state index in [-0.39, 0.29) is 18.0 Å². The summed E-state index contributed by atoms with van der Waals surface area (Å²) >= 11 is 0. The van der Waals surface area contributed by atoms with E-state index in [2.05, 4.69) is 17.2 Å². The predicted molar refractivity (Wildman–Crippen MR) is 51.9 cm³/mol. The van der Waals surface area contributed by atoms with E-state index in [1.165, 1.54) is 6.92 Å². The van der Waals surface area contributed by atoms with Crippen molar-refractivity contribution in [3.05, 3.63) is 35.4 Å². The van der Waals surface area contributed by atoms with Crippen LogP contribution in [0.25, 0.3) is 0 Å². The molecule has 78 valence electrons. The number of carbonyl (C=O) groups excluding carboxylic acids is 1. The van der Waals surface area contributed by atoms with Crippen LogP contribution in [0.3, 0.4) is 0 Å². The van der Waals surface area contributed by atoms with Gasteiger partial charge in [-0.25, -0.2) is 8.78 Å². The summed E-state index contributed by atoms with van der Waals surface area (Å²) in [6, 6.07) is 3.03. The first kappa shape index (κ1) is 11.2. The Kier molecular flexibility index (Phi) is 3.81. The molecular weight excluding hydrogens is 200 g/mol. The van der Waals surface area contributed by atoms with Crippen LogP contribution in [0.2, 0.25) is 0 Å². The normalized spacial score (nSPS) is 9.00. The van der Waals surface area contributed by atoms with Gasteiger partial charge in [0.2, 0.25) is 5.91 Å². The molecule has 0 atom stereocenters. The van der Waals surface area contributed by atoms with E-state index in [1.807, 2.05) is 0 Å². The molecule has 0 unspecified atom stereocenters. The average molecular weight is 209 g/mol. The molecule has 0 spiro atoms. The van der Waals surface area contributed by atoms with Gasteiger partial charge in [0.1, 0.15) is 11.6 Å². The number of rotatable bonds is 1. The summed E-state index contributed by atoms with van der Waals surface area (Å²) in [5.41, 5.74) is 0.248. The van der Waals surface area contributed by atoms with Gasteiger partial charge in [-0.05, 0) is 12.1 Å². The maximum absolute atomic E-state index is 12.7. The van der Waals surface area contributed by atoms with Crippen LogP contribution in [-0.4, -0.2) is 12.5 Å². The number of amides is 1.